The monoisotopic (exact) mass is 420 g/mol. The highest BCUT2D eigenvalue weighted by Gasteiger charge is 1.95. The minimum absolute atomic E-state index is 0.0861. The molecular weight excluding hydrogens is 376 g/mol. The van der Waals surface area contributed by atoms with Gasteiger partial charge in [-0.15, -0.1) is 0 Å². The molecule has 0 heterocycles. The van der Waals surface area contributed by atoms with Crippen molar-refractivity contribution in [2.45, 2.75) is 71.8 Å². The third-order valence-electron chi connectivity index (χ3n) is 3.66. The lowest BCUT2D eigenvalue weighted by molar-refractivity contribution is -0.123. The molecule has 0 saturated heterocycles. The summed E-state index contributed by atoms with van der Waals surface area (Å²) < 4.78 is 20.6. The second kappa shape index (κ2) is 26.8. The van der Waals surface area contributed by atoms with Gasteiger partial charge in [0, 0.05) is 13.2 Å². The first-order chi connectivity index (χ1) is 14.0. The molecule has 0 aliphatic heterocycles. The van der Waals surface area contributed by atoms with E-state index in [2.05, 4.69) is 26.1 Å². The number of carbonyl (C=O) groups is 2. The van der Waals surface area contributed by atoms with Gasteiger partial charge in [-0.2, -0.15) is 0 Å². The Bertz CT molecular complexity index is 343. The molecule has 0 radical (unpaired) electrons. The number of unbranched alkanes of at least 4 members (excludes halogenated alkanes) is 6. The van der Waals surface area contributed by atoms with Crippen LogP contribution in [0.1, 0.15) is 65.7 Å². The number of carbonyl (C=O) groups excluding carboxylic acids is 2. The average molecular weight is 421 g/mol. The van der Waals surface area contributed by atoms with Gasteiger partial charge in [0.1, 0.15) is 6.61 Å². The fourth-order valence-corrected chi connectivity index (χ4v) is 2.18. The zero-order valence-electron chi connectivity index (χ0n) is 18.8. The van der Waals surface area contributed by atoms with Crippen molar-refractivity contribution in [2.75, 3.05) is 52.8 Å². The molecule has 0 atom stereocenters. The maximum absolute atomic E-state index is 10.3. The minimum atomic E-state index is -0.494. The number of hydrogen-bond donors (Lipinski definition) is 2. The van der Waals surface area contributed by atoms with E-state index in [1.54, 1.807) is 0 Å². The maximum Gasteiger partial charge on any atom is 0.243 e. The smallest absolute Gasteiger partial charge is 0.243 e. The fourth-order valence-electron chi connectivity index (χ4n) is 2.18. The summed E-state index contributed by atoms with van der Waals surface area (Å²) in [6.07, 6.45) is 10.6. The summed E-state index contributed by atoms with van der Waals surface area (Å²) in [7, 11) is 0. The minimum Gasteiger partial charge on any atom is -0.379 e. The predicted octanol–water partition coefficient (Wildman–Crippen LogP) is 2.43. The van der Waals surface area contributed by atoms with Crippen LogP contribution in [0, 0.1) is 0 Å². The molecular formula is C21H44N2O6. The van der Waals surface area contributed by atoms with Gasteiger partial charge in [0.25, 0.3) is 0 Å². The van der Waals surface area contributed by atoms with Gasteiger partial charge in [-0.05, 0) is 20.3 Å². The van der Waals surface area contributed by atoms with E-state index in [1.165, 1.54) is 44.9 Å². The third-order valence-corrected chi connectivity index (χ3v) is 3.66. The van der Waals surface area contributed by atoms with Gasteiger partial charge >= 0.3 is 0 Å². The molecule has 0 saturated carbocycles. The predicted molar refractivity (Wildman–Crippen MR) is 115 cm³/mol. The number of primary amides is 1. The highest BCUT2D eigenvalue weighted by atomic mass is 16.5. The molecule has 0 rings (SSSR count). The number of amides is 2. The normalized spacial score (nSPS) is 10.5. The SMILES string of the molecule is CCCCCCCCCOC(C)C.NC(=O)COCCOCCOCCNC=O. The van der Waals surface area contributed by atoms with Crippen LogP contribution in [0.3, 0.4) is 0 Å². The van der Waals surface area contributed by atoms with Crippen LogP contribution in [-0.2, 0) is 28.5 Å². The first kappa shape index (κ1) is 30.0. The first-order valence-electron chi connectivity index (χ1n) is 10.8. The van der Waals surface area contributed by atoms with Crippen LogP contribution >= 0.6 is 0 Å². The van der Waals surface area contributed by atoms with Crippen LogP contribution in [0.15, 0.2) is 0 Å². The van der Waals surface area contributed by atoms with Gasteiger partial charge < -0.3 is 30.0 Å². The van der Waals surface area contributed by atoms with Crippen molar-refractivity contribution in [2.24, 2.45) is 5.73 Å². The van der Waals surface area contributed by atoms with E-state index < -0.39 is 5.91 Å². The van der Waals surface area contributed by atoms with E-state index >= 15 is 0 Å². The number of hydrogen-bond acceptors (Lipinski definition) is 6. The molecule has 0 bridgehead atoms. The van der Waals surface area contributed by atoms with Crippen LogP contribution in [0.5, 0.6) is 0 Å². The van der Waals surface area contributed by atoms with Crippen molar-refractivity contribution in [3.8, 4) is 0 Å². The number of nitrogens with one attached hydrogen (secondary N) is 1. The molecule has 29 heavy (non-hydrogen) atoms. The number of nitrogens with two attached hydrogens (primary N) is 1. The van der Waals surface area contributed by atoms with Crippen LogP contribution < -0.4 is 11.1 Å². The first-order valence-corrected chi connectivity index (χ1v) is 10.8. The highest BCUT2D eigenvalue weighted by Crippen LogP contribution is 2.07. The third kappa shape index (κ3) is 34.7. The Hall–Kier alpha value is -1.22. The molecule has 0 aliphatic carbocycles. The Balaban J connectivity index is 0. The van der Waals surface area contributed by atoms with Crippen LogP contribution in [-0.4, -0.2) is 71.2 Å². The molecule has 0 aromatic carbocycles. The summed E-state index contributed by atoms with van der Waals surface area (Å²) >= 11 is 0. The van der Waals surface area contributed by atoms with Crippen molar-refractivity contribution in [1.82, 2.24) is 5.32 Å². The van der Waals surface area contributed by atoms with E-state index in [4.69, 9.17) is 24.7 Å². The van der Waals surface area contributed by atoms with Crippen LogP contribution in [0.2, 0.25) is 0 Å². The molecule has 0 aromatic rings. The zero-order valence-corrected chi connectivity index (χ0v) is 18.8. The molecule has 8 nitrogen and oxygen atoms in total. The maximum atomic E-state index is 10.3. The Labute approximate surface area is 177 Å². The van der Waals surface area contributed by atoms with Crippen molar-refractivity contribution < 1.29 is 28.5 Å². The Kier molecular flexibility index (Phi) is 27.7. The Morgan fingerprint density at radius 2 is 1.41 bits per heavy atom. The van der Waals surface area contributed by atoms with E-state index in [0.717, 1.165) is 6.61 Å². The quantitative estimate of drug-likeness (QED) is 0.218. The van der Waals surface area contributed by atoms with Crippen LogP contribution in [0.4, 0.5) is 0 Å². The average Bonchev–Trinajstić information content (AvgIpc) is 2.68. The van der Waals surface area contributed by atoms with Crippen molar-refractivity contribution in [3.63, 3.8) is 0 Å². The highest BCUT2D eigenvalue weighted by molar-refractivity contribution is 5.74. The van der Waals surface area contributed by atoms with Crippen molar-refractivity contribution in [3.05, 3.63) is 0 Å². The zero-order chi connectivity index (χ0) is 22.0. The summed E-state index contributed by atoms with van der Waals surface area (Å²) in [5.41, 5.74) is 4.86. The lowest BCUT2D eigenvalue weighted by Crippen LogP contribution is -2.20. The standard InChI is InChI=1S/C12H26O.C9H18N2O5/c1-4-5-6-7-8-9-10-11-13-12(2)3;10-9(13)7-16-6-5-15-4-3-14-2-1-11-8-12/h12H,4-11H2,1-3H3;8H,1-7H2,(H2,10,13)(H,11,12). The second-order valence-corrected chi connectivity index (χ2v) is 6.86. The summed E-state index contributed by atoms with van der Waals surface area (Å²) in [5.74, 6) is -0.494. The van der Waals surface area contributed by atoms with Gasteiger partial charge in [-0.25, -0.2) is 0 Å². The second-order valence-electron chi connectivity index (χ2n) is 6.86. The topological polar surface area (TPSA) is 109 Å². The van der Waals surface area contributed by atoms with Gasteiger partial charge in [0.2, 0.25) is 12.3 Å². The van der Waals surface area contributed by atoms with Crippen LogP contribution in [0.25, 0.3) is 0 Å². The number of ether oxygens (including phenoxy) is 4. The van der Waals surface area contributed by atoms with E-state index in [-0.39, 0.29) is 6.61 Å². The summed E-state index contributed by atoms with van der Waals surface area (Å²) in [6, 6.07) is 0. The lowest BCUT2D eigenvalue weighted by Gasteiger charge is -2.06. The summed E-state index contributed by atoms with van der Waals surface area (Å²) in [6.45, 7) is 9.89. The molecule has 2 amide bonds. The van der Waals surface area contributed by atoms with Gasteiger partial charge in [0.15, 0.2) is 0 Å². The molecule has 3 N–H and O–H groups in total. The molecule has 0 spiro atoms. The molecule has 0 fully saturated rings. The van der Waals surface area contributed by atoms with Gasteiger partial charge in [-0.3, -0.25) is 9.59 Å². The van der Waals surface area contributed by atoms with E-state index in [9.17, 15) is 9.59 Å². The van der Waals surface area contributed by atoms with E-state index in [0.29, 0.717) is 52.1 Å². The molecule has 0 unspecified atom stereocenters. The largest absolute Gasteiger partial charge is 0.379 e. The summed E-state index contributed by atoms with van der Waals surface area (Å²) in [5, 5.41) is 2.47. The molecule has 8 heteroatoms. The molecule has 0 aliphatic rings. The molecule has 0 aromatic heterocycles. The van der Waals surface area contributed by atoms with Crippen molar-refractivity contribution >= 4 is 12.3 Å². The summed E-state index contributed by atoms with van der Waals surface area (Å²) in [4.78, 5) is 20.1. The van der Waals surface area contributed by atoms with Crippen molar-refractivity contribution in [1.29, 1.82) is 0 Å². The van der Waals surface area contributed by atoms with Gasteiger partial charge in [-0.1, -0.05) is 45.4 Å². The molecule has 174 valence electrons. The lowest BCUT2D eigenvalue weighted by atomic mass is 10.1. The van der Waals surface area contributed by atoms with Gasteiger partial charge in [0.05, 0.1) is 39.1 Å². The fraction of sp³-hybridized carbons (Fsp3) is 0.905. The Morgan fingerprint density at radius 3 is 1.97 bits per heavy atom. The Morgan fingerprint density at radius 1 is 0.862 bits per heavy atom. The van der Waals surface area contributed by atoms with E-state index in [1.807, 2.05) is 0 Å². The number of rotatable bonds is 21.